The zero-order valence-electron chi connectivity index (χ0n) is 13.2. The number of aromatic nitrogens is 1. The third-order valence-corrected chi connectivity index (χ3v) is 6.24. The molecule has 5 nitrogen and oxygen atoms in total. The van der Waals surface area contributed by atoms with E-state index in [0.717, 1.165) is 43.6 Å². The smallest absolute Gasteiger partial charge is 0.185 e. The van der Waals surface area contributed by atoms with Gasteiger partial charge in [-0.1, -0.05) is 40.0 Å². The van der Waals surface area contributed by atoms with Gasteiger partial charge in [0.25, 0.3) is 0 Å². The molecule has 0 saturated heterocycles. The summed E-state index contributed by atoms with van der Waals surface area (Å²) in [6.45, 7) is 6.14. The molecule has 0 aromatic carbocycles. The molecule has 1 aromatic heterocycles. The van der Waals surface area contributed by atoms with Crippen LogP contribution in [0.5, 0.6) is 0 Å². The Morgan fingerprint density at radius 3 is 2.48 bits per heavy atom. The van der Waals surface area contributed by atoms with Crippen molar-refractivity contribution in [3.05, 3.63) is 0 Å². The van der Waals surface area contributed by atoms with Gasteiger partial charge in [0.05, 0.1) is 5.75 Å². The van der Waals surface area contributed by atoms with E-state index in [9.17, 15) is 8.42 Å². The SMILES string of the molecule is CCCCC(CCC)Nc1snc(N)c1S(=O)(=O)CCC. The van der Waals surface area contributed by atoms with Gasteiger partial charge in [0, 0.05) is 6.04 Å². The quantitative estimate of drug-likeness (QED) is 0.682. The molecular formula is C14H27N3O2S2. The Morgan fingerprint density at radius 2 is 1.90 bits per heavy atom. The van der Waals surface area contributed by atoms with Crippen molar-refractivity contribution in [1.82, 2.24) is 4.37 Å². The fraction of sp³-hybridized carbons (Fsp3) is 0.786. The van der Waals surface area contributed by atoms with Crippen LogP contribution in [0.4, 0.5) is 10.8 Å². The summed E-state index contributed by atoms with van der Waals surface area (Å²) in [6.07, 6.45) is 5.95. The molecule has 0 saturated carbocycles. The van der Waals surface area contributed by atoms with E-state index in [4.69, 9.17) is 5.73 Å². The molecular weight excluding hydrogens is 306 g/mol. The highest BCUT2D eigenvalue weighted by Gasteiger charge is 2.25. The summed E-state index contributed by atoms with van der Waals surface area (Å²) in [5, 5.41) is 3.97. The van der Waals surface area contributed by atoms with Crippen molar-refractivity contribution in [2.24, 2.45) is 0 Å². The standard InChI is InChI=1S/C14H27N3O2S2/c1-4-7-9-11(8-5-2)16-14-12(13(15)17-20-14)21(18,19)10-6-3/h11,16H,4-10H2,1-3H3,(H2,15,17). The van der Waals surface area contributed by atoms with Gasteiger partial charge in [0.1, 0.15) is 9.90 Å². The van der Waals surface area contributed by atoms with E-state index >= 15 is 0 Å². The molecule has 1 rings (SSSR count). The Labute approximate surface area is 132 Å². The molecule has 1 aromatic rings. The van der Waals surface area contributed by atoms with Crippen LogP contribution in [-0.2, 0) is 9.84 Å². The first-order valence-electron chi connectivity index (χ1n) is 7.70. The largest absolute Gasteiger partial charge is 0.382 e. The van der Waals surface area contributed by atoms with Gasteiger partial charge in [-0.05, 0) is 30.8 Å². The molecule has 1 unspecified atom stereocenters. The van der Waals surface area contributed by atoms with E-state index in [2.05, 4.69) is 23.5 Å². The molecule has 0 amide bonds. The number of sulfone groups is 1. The summed E-state index contributed by atoms with van der Waals surface area (Å²) < 4.78 is 28.7. The molecule has 0 aliphatic heterocycles. The first-order chi connectivity index (χ1) is 9.96. The summed E-state index contributed by atoms with van der Waals surface area (Å²) in [6, 6.07) is 0.283. The Bertz CT molecular complexity index is 526. The number of hydrogen-bond acceptors (Lipinski definition) is 6. The molecule has 0 radical (unpaired) electrons. The third-order valence-electron chi connectivity index (χ3n) is 3.34. The minimum atomic E-state index is -3.35. The minimum absolute atomic E-state index is 0.109. The molecule has 7 heteroatoms. The minimum Gasteiger partial charge on any atom is -0.382 e. The topological polar surface area (TPSA) is 85.1 Å². The fourth-order valence-corrected chi connectivity index (χ4v) is 5.02. The molecule has 122 valence electrons. The van der Waals surface area contributed by atoms with Crippen molar-refractivity contribution < 1.29 is 8.42 Å². The molecule has 0 fully saturated rings. The number of anilines is 2. The average molecular weight is 334 g/mol. The van der Waals surface area contributed by atoms with E-state index in [1.54, 1.807) is 0 Å². The zero-order chi connectivity index (χ0) is 15.9. The molecule has 0 aliphatic carbocycles. The number of nitrogens with two attached hydrogens (primary N) is 1. The van der Waals surface area contributed by atoms with Gasteiger partial charge < -0.3 is 11.1 Å². The molecule has 0 spiro atoms. The van der Waals surface area contributed by atoms with E-state index in [0.29, 0.717) is 11.4 Å². The molecule has 1 heterocycles. The van der Waals surface area contributed by atoms with Crippen molar-refractivity contribution in [2.75, 3.05) is 16.8 Å². The molecule has 0 aliphatic rings. The maximum absolute atomic E-state index is 12.3. The van der Waals surface area contributed by atoms with Gasteiger partial charge in [-0.3, -0.25) is 0 Å². The first-order valence-corrected chi connectivity index (χ1v) is 10.1. The summed E-state index contributed by atoms with van der Waals surface area (Å²) in [5.41, 5.74) is 5.79. The highest BCUT2D eigenvalue weighted by Crippen LogP contribution is 2.33. The lowest BCUT2D eigenvalue weighted by Crippen LogP contribution is -2.20. The Hall–Kier alpha value is -0.820. The van der Waals surface area contributed by atoms with Gasteiger partial charge in [-0.15, -0.1) is 0 Å². The van der Waals surface area contributed by atoms with Gasteiger partial charge in [0.15, 0.2) is 15.7 Å². The van der Waals surface area contributed by atoms with Gasteiger partial charge in [0.2, 0.25) is 0 Å². The predicted octanol–water partition coefficient (Wildman–Crippen LogP) is 3.68. The van der Waals surface area contributed by atoms with Crippen LogP contribution in [0.1, 0.15) is 59.3 Å². The summed E-state index contributed by atoms with van der Waals surface area (Å²) in [4.78, 5) is 0.201. The lowest BCUT2D eigenvalue weighted by molar-refractivity contribution is 0.564. The van der Waals surface area contributed by atoms with E-state index in [-0.39, 0.29) is 22.5 Å². The van der Waals surface area contributed by atoms with E-state index in [1.807, 2.05) is 6.92 Å². The van der Waals surface area contributed by atoms with Crippen LogP contribution >= 0.6 is 11.5 Å². The van der Waals surface area contributed by atoms with Crippen LogP contribution < -0.4 is 11.1 Å². The Kier molecular flexibility index (Phi) is 7.45. The summed E-state index contributed by atoms with van der Waals surface area (Å²) >= 11 is 1.15. The second-order valence-corrected chi connectivity index (χ2v) is 8.14. The van der Waals surface area contributed by atoms with Crippen LogP contribution in [0.2, 0.25) is 0 Å². The zero-order valence-corrected chi connectivity index (χ0v) is 14.8. The van der Waals surface area contributed by atoms with Crippen molar-refractivity contribution in [3.8, 4) is 0 Å². The fourth-order valence-electron chi connectivity index (χ4n) is 2.33. The van der Waals surface area contributed by atoms with E-state index < -0.39 is 9.84 Å². The number of unbranched alkanes of at least 4 members (excludes halogenated alkanes) is 1. The molecule has 3 N–H and O–H groups in total. The maximum Gasteiger partial charge on any atom is 0.185 e. The Morgan fingerprint density at radius 1 is 1.19 bits per heavy atom. The van der Waals surface area contributed by atoms with Gasteiger partial charge in [-0.25, -0.2) is 8.42 Å². The van der Waals surface area contributed by atoms with Crippen molar-refractivity contribution >= 4 is 32.2 Å². The average Bonchev–Trinajstić information content (AvgIpc) is 2.78. The van der Waals surface area contributed by atoms with Gasteiger partial charge in [-0.2, -0.15) is 4.37 Å². The van der Waals surface area contributed by atoms with Crippen molar-refractivity contribution in [1.29, 1.82) is 0 Å². The predicted molar refractivity (Wildman–Crippen MR) is 90.7 cm³/mol. The summed E-state index contributed by atoms with van der Waals surface area (Å²) in [5.74, 6) is 0.235. The number of nitrogen functional groups attached to an aromatic ring is 1. The van der Waals surface area contributed by atoms with Crippen LogP contribution in [-0.4, -0.2) is 24.6 Å². The second-order valence-electron chi connectivity index (χ2n) is 5.32. The first kappa shape index (κ1) is 18.2. The van der Waals surface area contributed by atoms with Crippen molar-refractivity contribution in [3.63, 3.8) is 0 Å². The molecule has 21 heavy (non-hydrogen) atoms. The molecule has 0 bridgehead atoms. The lowest BCUT2D eigenvalue weighted by atomic mass is 10.1. The number of nitrogens with zero attached hydrogens (tertiary/aromatic N) is 1. The Balaban J connectivity index is 2.97. The van der Waals surface area contributed by atoms with E-state index in [1.165, 1.54) is 0 Å². The van der Waals surface area contributed by atoms with Crippen LogP contribution in [0.3, 0.4) is 0 Å². The number of nitrogens with one attached hydrogen (secondary N) is 1. The van der Waals surface area contributed by atoms with Crippen LogP contribution in [0.25, 0.3) is 0 Å². The second kappa shape index (κ2) is 8.58. The molecule has 1 atom stereocenters. The highest BCUT2D eigenvalue weighted by molar-refractivity contribution is 7.91. The monoisotopic (exact) mass is 333 g/mol. The van der Waals surface area contributed by atoms with Crippen molar-refractivity contribution in [2.45, 2.75) is 70.2 Å². The van der Waals surface area contributed by atoms with Gasteiger partial charge >= 0.3 is 0 Å². The normalized spacial score (nSPS) is 13.3. The number of hydrogen-bond donors (Lipinski definition) is 2. The summed E-state index contributed by atoms with van der Waals surface area (Å²) in [7, 11) is -3.35. The highest BCUT2D eigenvalue weighted by atomic mass is 32.2. The number of rotatable bonds is 10. The van der Waals surface area contributed by atoms with Crippen LogP contribution in [0, 0.1) is 0 Å². The third kappa shape index (κ3) is 5.14. The maximum atomic E-state index is 12.3. The lowest BCUT2D eigenvalue weighted by Gasteiger charge is -2.18. The van der Waals surface area contributed by atoms with Crippen LogP contribution in [0.15, 0.2) is 4.90 Å².